The molecular weight excluding hydrogens is 254 g/mol. The first-order valence-corrected chi connectivity index (χ1v) is 6.09. The van der Waals surface area contributed by atoms with Crippen LogP contribution in [-0.4, -0.2) is 25.2 Å². The summed E-state index contributed by atoms with van der Waals surface area (Å²) < 4.78 is 31.7. The molecule has 4 nitrogen and oxygen atoms in total. The van der Waals surface area contributed by atoms with E-state index in [1.54, 1.807) is 7.11 Å². The molecular formula is C13H16F2N2O2. The van der Waals surface area contributed by atoms with Crippen LogP contribution in [0.5, 0.6) is 0 Å². The fourth-order valence-electron chi connectivity index (χ4n) is 2.27. The second-order valence-electron chi connectivity index (χ2n) is 4.69. The van der Waals surface area contributed by atoms with E-state index in [2.05, 4.69) is 5.32 Å². The summed E-state index contributed by atoms with van der Waals surface area (Å²) in [5.74, 6) is -2.35. The van der Waals surface area contributed by atoms with Gasteiger partial charge in [-0.25, -0.2) is 8.78 Å². The summed E-state index contributed by atoms with van der Waals surface area (Å²) in [5.41, 5.74) is 4.52. The quantitative estimate of drug-likeness (QED) is 0.824. The molecule has 0 spiro atoms. The number of hydrogen-bond acceptors (Lipinski definition) is 3. The van der Waals surface area contributed by atoms with Crippen molar-refractivity contribution in [1.29, 1.82) is 0 Å². The van der Waals surface area contributed by atoms with Gasteiger partial charge in [-0.15, -0.1) is 0 Å². The van der Waals surface area contributed by atoms with E-state index in [0.717, 1.165) is 25.0 Å². The number of anilines is 1. The van der Waals surface area contributed by atoms with E-state index < -0.39 is 23.2 Å². The minimum atomic E-state index is -0.925. The summed E-state index contributed by atoms with van der Waals surface area (Å²) >= 11 is 0. The van der Waals surface area contributed by atoms with Crippen molar-refractivity contribution in [2.75, 3.05) is 12.8 Å². The highest BCUT2D eigenvalue weighted by molar-refractivity contribution is 5.94. The zero-order valence-corrected chi connectivity index (χ0v) is 10.6. The van der Waals surface area contributed by atoms with Crippen molar-refractivity contribution < 1.29 is 18.3 Å². The number of benzene rings is 1. The van der Waals surface area contributed by atoms with Crippen molar-refractivity contribution in [1.82, 2.24) is 5.32 Å². The SMILES string of the molecule is COC1CCC(NC(=O)c2cc(F)c(N)c(F)c2)C1. The number of methoxy groups -OCH3 is 1. The Labute approximate surface area is 109 Å². The molecule has 0 aliphatic heterocycles. The number of nitrogen functional groups attached to an aromatic ring is 1. The third-order valence-corrected chi connectivity index (χ3v) is 3.39. The molecule has 1 amide bonds. The summed E-state index contributed by atoms with van der Waals surface area (Å²) in [5, 5.41) is 2.74. The smallest absolute Gasteiger partial charge is 0.251 e. The molecule has 1 fully saturated rings. The van der Waals surface area contributed by atoms with Crippen molar-refractivity contribution in [3.63, 3.8) is 0 Å². The van der Waals surface area contributed by atoms with Gasteiger partial charge in [-0.05, 0) is 31.4 Å². The van der Waals surface area contributed by atoms with Crippen molar-refractivity contribution in [3.05, 3.63) is 29.3 Å². The minimum absolute atomic E-state index is 0.0267. The van der Waals surface area contributed by atoms with Crippen LogP contribution in [0, 0.1) is 11.6 Å². The lowest BCUT2D eigenvalue weighted by atomic mass is 10.1. The largest absolute Gasteiger partial charge is 0.394 e. The fourth-order valence-corrected chi connectivity index (χ4v) is 2.27. The first-order chi connectivity index (χ1) is 9.01. The van der Waals surface area contributed by atoms with Crippen LogP contribution in [0.2, 0.25) is 0 Å². The van der Waals surface area contributed by atoms with Crippen LogP contribution in [0.15, 0.2) is 12.1 Å². The standard InChI is InChI=1S/C13H16F2N2O2/c1-19-9-3-2-8(6-9)17-13(18)7-4-10(14)12(16)11(15)5-7/h4-5,8-9H,2-3,6,16H2,1H3,(H,17,18). The molecule has 1 saturated carbocycles. The third-order valence-electron chi connectivity index (χ3n) is 3.39. The molecule has 2 atom stereocenters. The number of hydrogen-bond donors (Lipinski definition) is 2. The highest BCUT2D eigenvalue weighted by Crippen LogP contribution is 2.22. The van der Waals surface area contributed by atoms with Crippen LogP contribution in [0.25, 0.3) is 0 Å². The molecule has 0 radical (unpaired) electrons. The molecule has 1 aromatic rings. The first kappa shape index (κ1) is 13.7. The molecule has 104 valence electrons. The van der Waals surface area contributed by atoms with Gasteiger partial charge in [0.25, 0.3) is 5.91 Å². The van der Waals surface area contributed by atoms with Crippen molar-refractivity contribution in [2.24, 2.45) is 0 Å². The van der Waals surface area contributed by atoms with Gasteiger partial charge < -0.3 is 15.8 Å². The van der Waals surface area contributed by atoms with E-state index in [1.807, 2.05) is 0 Å². The van der Waals surface area contributed by atoms with Crippen molar-refractivity contribution in [3.8, 4) is 0 Å². The molecule has 3 N–H and O–H groups in total. The van der Waals surface area contributed by atoms with Crippen molar-refractivity contribution in [2.45, 2.75) is 31.4 Å². The van der Waals surface area contributed by atoms with Gasteiger partial charge in [-0.3, -0.25) is 4.79 Å². The summed E-state index contributed by atoms with van der Waals surface area (Å²) in [6.07, 6.45) is 2.50. The van der Waals surface area contributed by atoms with Crippen molar-refractivity contribution >= 4 is 11.6 Å². The fraction of sp³-hybridized carbons (Fsp3) is 0.462. The molecule has 0 saturated heterocycles. The second-order valence-corrected chi connectivity index (χ2v) is 4.69. The van der Waals surface area contributed by atoms with Gasteiger partial charge in [-0.2, -0.15) is 0 Å². The van der Waals surface area contributed by atoms with Crippen LogP contribution in [0.4, 0.5) is 14.5 Å². The van der Waals surface area contributed by atoms with E-state index in [4.69, 9.17) is 10.5 Å². The number of rotatable bonds is 3. The number of carbonyl (C=O) groups excluding carboxylic acids is 1. The molecule has 1 aliphatic rings. The van der Waals surface area contributed by atoms with Gasteiger partial charge in [0, 0.05) is 18.7 Å². The van der Waals surface area contributed by atoms with Gasteiger partial charge in [0.05, 0.1) is 6.10 Å². The second kappa shape index (κ2) is 5.52. The van der Waals surface area contributed by atoms with Crippen LogP contribution >= 0.6 is 0 Å². The molecule has 6 heteroatoms. The van der Waals surface area contributed by atoms with Gasteiger partial charge in [0.2, 0.25) is 0 Å². The monoisotopic (exact) mass is 270 g/mol. The highest BCUT2D eigenvalue weighted by Gasteiger charge is 2.26. The topological polar surface area (TPSA) is 64.3 Å². The average molecular weight is 270 g/mol. The van der Waals surface area contributed by atoms with Gasteiger partial charge in [-0.1, -0.05) is 0 Å². The Kier molecular flexibility index (Phi) is 3.99. The van der Waals surface area contributed by atoms with E-state index in [1.165, 1.54) is 0 Å². The Hall–Kier alpha value is -1.69. The molecule has 0 heterocycles. The Morgan fingerprint density at radius 1 is 1.37 bits per heavy atom. The van der Waals surface area contributed by atoms with Gasteiger partial charge >= 0.3 is 0 Å². The maximum Gasteiger partial charge on any atom is 0.251 e. The number of nitrogens with two attached hydrogens (primary N) is 1. The Morgan fingerprint density at radius 3 is 2.53 bits per heavy atom. The number of amides is 1. The summed E-state index contributed by atoms with van der Waals surface area (Å²) in [6, 6.07) is 1.86. The first-order valence-electron chi connectivity index (χ1n) is 6.09. The van der Waals surface area contributed by atoms with Crippen LogP contribution in [0.1, 0.15) is 29.6 Å². The number of nitrogens with one attached hydrogen (secondary N) is 1. The Bertz CT molecular complexity index is 471. The van der Waals surface area contributed by atoms with Gasteiger partial charge in [0.15, 0.2) is 0 Å². The normalized spacial score (nSPS) is 22.5. The molecule has 1 aliphatic carbocycles. The molecule has 0 bridgehead atoms. The van der Waals surface area contributed by atoms with Crippen LogP contribution in [0.3, 0.4) is 0 Å². The van der Waals surface area contributed by atoms with Crippen LogP contribution in [-0.2, 0) is 4.74 Å². The van der Waals surface area contributed by atoms with E-state index in [9.17, 15) is 13.6 Å². The highest BCUT2D eigenvalue weighted by atomic mass is 19.1. The third kappa shape index (κ3) is 3.01. The molecule has 19 heavy (non-hydrogen) atoms. The average Bonchev–Trinajstić information content (AvgIpc) is 2.83. The lowest BCUT2D eigenvalue weighted by molar-refractivity contribution is 0.0914. The van der Waals surface area contributed by atoms with E-state index in [-0.39, 0.29) is 17.7 Å². The number of ether oxygens (including phenoxy) is 1. The maximum atomic E-state index is 13.3. The molecule has 2 unspecified atom stereocenters. The van der Waals surface area contributed by atoms with E-state index in [0.29, 0.717) is 6.42 Å². The molecule has 2 rings (SSSR count). The predicted octanol–water partition coefficient (Wildman–Crippen LogP) is 1.84. The number of carbonyl (C=O) groups is 1. The Morgan fingerprint density at radius 2 is 2.00 bits per heavy atom. The zero-order valence-electron chi connectivity index (χ0n) is 10.6. The Balaban J connectivity index is 2.04. The minimum Gasteiger partial charge on any atom is -0.394 e. The zero-order chi connectivity index (χ0) is 14.0. The van der Waals surface area contributed by atoms with Crippen LogP contribution < -0.4 is 11.1 Å². The lowest BCUT2D eigenvalue weighted by Crippen LogP contribution is -2.33. The molecule has 1 aromatic carbocycles. The number of halogens is 2. The molecule has 0 aromatic heterocycles. The maximum absolute atomic E-state index is 13.3. The van der Waals surface area contributed by atoms with Gasteiger partial charge in [0.1, 0.15) is 17.3 Å². The summed E-state index contributed by atoms with van der Waals surface area (Å²) in [6.45, 7) is 0. The summed E-state index contributed by atoms with van der Waals surface area (Å²) in [4.78, 5) is 11.9. The van der Waals surface area contributed by atoms with E-state index >= 15 is 0 Å². The lowest BCUT2D eigenvalue weighted by Gasteiger charge is -2.13. The summed E-state index contributed by atoms with van der Waals surface area (Å²) in [7, 11) is 1.62. The predicted molar refractivity (Wildman–Crippen MR) is 66.7 cm³/mol.